The van der Waals surface area contributed by atoms with Crippen LogP contribution in [0.3, 0.4) is 0 Å². The Labute approximate surface area is 204 Å². The maximum atomic E-state index is 12.5. The molecule has 1 saturated heterocycles. The molecule has 3 aromatic heterocycles. The van der Waals surface area contributed by atoms with E-state index in [1.54, 1.807) is 34.2 Å². The van der Waals surface area contributed by atoms with Crippen LogP contribution in [0.25, 0.3) is 11.1 Å². The molecule has 0 atom stereocenters. The van der Waals surface area contributed by atoms with Crippen LogP contribution in [-0.2, 0) is 16.1 Å². The van der Waals surface area contributed by atoms with Gasteiger partial charge in [0, 0.05) is 49.8 Å². The number of piperazine rings is 1. The second-order valence-corrected chi connectivity index (χ2v) is 9.01. The lowest BCUT2D eigenvalue weighted by molar-refractivity contribution is -0.116. The summed E-state index contributed by atoms with van der Waals surface area (Å²) < 4.78 is 6.91. The van der Waals surface area contributed by atoms with Gasteiger partial charge in [-0.25, -0.2) is 9.78 Å². The second-order valence-electron chi connectivity index (χ2n) is 9.01. The number of anilines is 2. The first-order valence-electron chi connectivity index (χ1n) is 11.8. The van der Waals surface area contributed by atoms with Crippen molar-refractivity contribution in [2.75, 3.05) is 43.0 Å². The maximum Gasteiger partial charge on any atom is 0.409 e. The molecule has 0 saturated carbocycles. The van der Waals surface area contributed by atoms with Crippen molar-refractivity contribution >= 4 is 23.5 Å². The molecule has 0 unspecified atom stereocenters. The van der Waals surface area contributed by atoms with E-state index < -0.39 is 0 Å². The van der Waals surface area contributed by atoms with E-state index >= 15 is 0 Å². The van der Waals surface area contributed by atoms with Gasteiger partial charge in [0.2, 0.25) is 5.91 Å². The first kappa shape index (κ1) is 24.2. The number of aryl methyl sites for hydroxylation is 1. The molecule has 1 aliphatic heterocycles. The van der Waals surface area contributed by atoms with E-state index in [-0.39, 0.29) is 18.5 Å². The standard InChI is InChI=1S/C25H31N7O3/c1-18(2)17-35-25(34)31-10-8-30(9-11-31)22-4-5-23(27-14-22)29-24(33)16-32-15-21(13-28-32)20-6-7-26-19(3)12-20/h4-7,12-15,18H,8-11,16-17H2,1-3H3,(H,27,29,33). The van der Waals surface area contributed by atoms with Crippen molar-refractivity contribution in [2.24, 2.45) is 5.92 Å². The van der Waals surface area contributed by atoms with Gasteiger partial charge in [0.25, 0.3) is 0 Å². The molecule has 4 rings (SSSR count). The number of aromatic nitrogens is 4. The van der Waals surface area contributed by atoms with Crippen molar-refractivity contribution in [3.8, 4) is 11.1 Å². The summed E-state index contributed by atoms with van der Waals surface area (Å²) in [7, 11) is 0. The zero-order valence-electron chi connectivity index (χ0n) is 20.3. The van der Waals surface area contributed by atoms with Gasteiger partial charge in [-0.05, 0) is 42.7 Å². The van der Waals surface area contributed by atoms with Crippen molar-refractivity contribution in [1.29, 1.82) is 0 Å². The number of pyridine rings is 2. The average molecular weight is 478 g/mol. The number of nitrogens with one attached hydrogen (secondary N) is 1. The second kappa shape index (κ2) is 11.0. The van der Waals surface area contributed by atoms with Gasteiger partial charge in [-0.1, -0.05) is 13.8 Å². The van der Waals surface area contributed by atoms with Crippen LogP contribution >= 0.6 is 0 Å². The van der Waals surface area contributed by atoms with Crippen LogP contribution in [0.15, 0.2) is 49.1 Å². The lowest BCUT2D eigenvalue weighted by Gasteiger charge is -2.35. The van der Waals surface area contributed by atoms with E-state index in [0.717, 1.165) is 22.5 Å². The van der Waals surface area contributed by atoms with Crippen LogP contribution < -0.4 is 10.2 Å². The predicted molar refractivity (Wildman–Crippen MR) is 133 cm³/mol. The van der Waals surface area contributed by atoms with E-state index in [1.807, 2.05) is 45.2 Å². The molecule has 2 amide bonds. The Bertz CT molecular complexity index is 1150. The van der Waals surface area contributed by atoms with Crippen LogP contribution in [0.2, 0.25) is 0 Å². The maximum absolute atomic E-state index is 12.5. The van der Waals surface area contributed by atoms with E-state index in [2.05, 4.69) is 25.3 Å². The minimum Gasteiger partial charge on any atom is -0.449 e. The van der Waals surface area contributed by atoms with Crippen LogP contribution in [0, 0.1) is 12.8 Å². The molecule has 4 heterocycles. The fraction of sp³-hybridized carbons (Fsp3) is 0.400. The molecule has 0 spiro atoms. The summed E-state index contributed by atoms with van der Waals surface area (Å²) in [6.07, 6.45) is 6.81. The Kier molecular flexibility index (Phi) is 7.59. The molecule has 184 valence electrons. The predicted octanol–water partition coefficient (Wildman–Crippen LogP) is 3.20. The Morgan fingerprint density at radius 2 is 1.86 bits per heavy atom. The van der Waals surface area contributed by atoms with E-state index in [4.69, 9.17) is 4.74 Å². The molecule has 3 aromatic rings. The zero-order valence-corrected chi connectivity index (χ0v) is 20.3. The monoisotopic (exact) mass is 477 g/mol. The van der Waals surface area contributed by atoms with Crippen LogP contribution in [0.1, 0.15) is 19.5 Å². The molecule has 0 bridgehead atoms. The quantitative estimate of drug-likeness (QED) is 0.557. The zero-order chi connectivity index (χ0) is 24.8. The highest BCUT2D eigenvalue weighted by molar-refractivity contribution is 5.89. The smallest absolute Gasteiger partial charge is 0.409 e. The number of hydrogen-bond acceptors (Lipinski definition) is 7. The number of carbonyl (C=O) groups is 2. The van der Waals surface area contributed by atoms with Gasteiger partial charge >= 0.3 is 6.09 Å². The Morgan fingerprint density at radius 1 is 1.06 bits per heavy atom. The van der Waals surface area contributed by atoms with E-state index in [1.165, 1.54) is 0 Å². The third kappa shape index (κ3) is 6.56. The van der Waals surface area contributed by atoms with Gasteiger partial charge in [0.1, 0.15) is 12.4 Å². The molecule has 1 N–H and O–H groups in total. The van der Waals surface area contributed by atoms with Gasteiger partial charge in [-0.15, -0.1) is 0 Å². The third-order valence-electron chi connectivity index (χ3n) is 5.63. The highest BCUT2D eigenvalue weighted by Gasteiger charge is 2.22. The molecule has 10 heteroatoms. The van der Waals surface area contributed by atoms with Crippen LogP contribution in [0.4, 0.5) is 16.3 Å². The first-order valence-corrected chi connectivity index (χ1v) is 11.8. The van der Waals surface area contributed by atoms with E-state index in [9.17, 15) is 9.59 Å². The lowest BCUT2D eigenvalue weighted by Crippen LogP contribution is -2.49. The summed E-state index contributed by atoms with van der Waals surface area (Å²) in [6, 6.07) is 7.60. The number of rotatable bonds is 7. The summed E-state index contributed by atoms with van der Waals surface area (Å²) in [6.45, 7) is 9.08. The van der Waals surface area contributed by atoms with Gasteiger partial charge in [0.05, 0.1) is 24.7 Å². The normalized spacial score (nSPS) is 13.7. The largest absolute Gasteiger partial charge is 0.449 e. The Balaban J connectivity index is 1.26. The number of amides is 2. The summed E-state index contributed by atoms with van der Waals surface area (Å²) in [4.78, 5) is 37.1. The highest BCUT2D eigenvalue weighted by atomic mass is 16.6. The minimum atomic E-state index is -0.255. The molecule has 35 heavy (non-hydrogen) atoms. The molecule has 1 fully saturated rings. The van der Waals surface area contributed by atoms with Crippen molar-refractivity contribution in [1.82, 2.24) is 24.6 Å². The van der Waals surface area contributed by atoms with Crippen LogP contribution in [0.5, 0.6) is 0 Å². The highest BCUT2D eigenvalue weighted by Crippen LogP contribution is 2.19. The number of carbonyl (C=O) groups excluding carboxylic acids is 2. The van der Waals surface area contributed by atoms with Crippen LogP contribution in [-0.4, -0.2) is 69.4 Å². The molecular weight excluding hydrogens is 446 g/mol. The number of ether oxygens (including phenoxy) is 1. The Morgan fingerprint density at radius 3 is 2.54 bits per heavy atom. The molecule has 10 nitrogen and oxygen atoms in total. The summed E-state index contributed by atoms with van der Waals surface area (Å²) in [5.74, 6) is 0.588. The van der Waals surface area contributed by atoms with Gasteiger partial charge in [-0.3, -0.25) is 14.5 Å². The summed E-state index contributed by atoms with van der Waals surface area (Å²) in [5.41, 5.74) is 3.81. The molecular formula is C25H31N7O3. The third-order valence-corrected chi connectivity index (χ3v) is 5.63. The van der Waals surface area contributed by atoms with Gasteiger partial charge in [-0.2, -0.15) is 5.10 Å². The van der Waals surface area contributed by atoms with Crippen molar-refractivity contribution < 1.29 is 14.3 Å². The van der Waals surface area contributed by atoms with Gasteiger partial charge in [0.15, 0.2) is 0 Å². The summed E-state index contributed by atoms with van der Waals surface area (Å²) in [5, 5.41) is 7.10. The fourth-order valence-electron chi connectivity index (χ4n) is 3.78. The fourth-order valence-corrected chi connectivity index (χ4v) is 3.78. The number of hydrogen-bond donors (Lipinski definition) is 1. The molecule has 0 aliphatic carbocycles. The van der Waals surface area contributed by atoms with Crippen molar-refractivity contribution in [3.05, 3.63) is 54.7 Å². The van der Waals surface area contributed by atoms with E-state index in [0.29, 0.717) is 44.5 Å². The first-order chi connectivity index (χ1) is 16.9. The van der Waals surface area contributed by atoms with Crippen molar-refractivity contribution in [2.45, 2.75) is 27.3 Å². The molecule has 1 aliphatic rings. The topological polar surface area (TPSA) is 105 Å². The average Bonchev–Trinajstić information content (AvgIpc) is 3.31. The minimum absolute atomic E-state index is 0.0857. The Hall–Kier alpha value is -3.95. The molecule has 0 radical (unpaired) electrons. The molecule has 0 aromatic carbocycles. The van der Waals surface area contributed by atoms with Gasteiger partial charge < -0.3 is 19.9 Å². The SMILES string of the molecule is Cc1cc(-c2cnn(CC(=O)Nc3ccc(N4CCN(C(=O)OCC(C)C)CC4)cn3)c2)ccn1. The lowest BCUT2D eigenvalue weighted by atomic mass is 10.1. The number of nitrogens with zero attached hydrogens (tertiary/aromatic N) is 6. The summed E-state index contributed by atoms with van der Waals surface area (Å²) >= 11 is 0. The van der Waals surface area contributed by atoms with Crippen molar-refractivity contribution in [3.63, 3.8) is 0 Å².